The van der Waals surface area contributed by atoms with Crippen molar-refractivity contribution in [1.82, 2.24) is 50.3 Å². The largest absolute Gasteiger partial charge is 2.00 e. The number of aromatic nitrogens is 9. The Labute approximate surface area is 464 Å². The van der Waals surface area contributed by atoms with E-state index >= 15 is 0 Å². The van der Waals surface area contributed by atoms with Crippen LogP contribution < -0.4 is 10.1 Å². The van der Waals surface area contributed by atoms with Crippen molar-refractivity contribution in [2.45, 2.75) is 51.9 Å². The number of ether oxygens (including phenoxy) is 4. The molecule has 30 radical (unpaired) electrons. The monoisotopic (exact) mass is 1110 g/mol. The van der Waals surface area contributed by atoms with E-state index in [-0.39, 0.29) is 83.2 Å². The van der Waals surface area contributed by atoms with Crippen LogP contribution in [0.5, 0.6) is 5.75 Å². The topological polar surface area (TPSA) is 192 Å². The third kappa shape index (κ3) is 23.7. The minimum absolute atomic E-state index is 0. The van der Waals surface area contributed by atoms with Crippen LogP contribution in [0.3, 0.4) is 0 Å². The first kappa shape index (κ1) is 61.8. The minimum atomic E-state index is -1.15. The average Bonchev–Trinajstić information content (AvgIpc) is 4.21. The third-order valence-corrected chi connectivity index (χ3v) is 9.85. The summed E-state index contributed by atoms with van der Waals surface area (Å²) >= 11 is 0. The summed E-state index contributed by atoms with van der Waals surface area (Å²) in [4.78, 5) is 38.7. The Morgan fingerprint density at radius 3 is 1.16 bits per heavy atom. The zero-order valence-electron chi connectivity index (χ0n) is 39.1. The molecule has 10 rings (SSSR count). The van der Waals surface area contributed by atoms with E-state index in [0.29, 0.717) is 42.3 Å². The number of benzene rings is 1. The number of nitrogens with zero attached hydrogens (tertiary/aromatic N) is 9. The minimum Gasteiger partial charge on any atom is -0.457 e. The smallest absolute Gasteiger partial charge is 0.457 e. The molecule has 73 heavy (non-hydrogen) atoms. The van der Waals surface area contributed by atoms with Crippen LogP contribution in [0.2, 0.25) is 0 Å². The van der Waals surface area contributed by atoms with E-state index in [1.807, 2.05) is 173 Å². The van der Waals surface area contributed by atoms with Crippen molar-refractivity contribution in [2.24, 2.45) is 0 Å². The van der Waals surface area contributed by atoms with Gasteiger partial charge < -0.3 is 24.3 Å². The van der Waals surface area contributed by atoms with Crippen LogP contribution in [-0.2, 0) is 116 Å². The normalized spacial score (nSPS) is 17.8. The molecular formula is C53H50Fe3N10O7+6. The summed E-state index contributed by atoms with van der Waals surface area (Å²) in [6, 6.07) is 5.22. The van der Waals surface area contributed by atoms with Crippen molar-refractivity contribution < 1.29 is 84.5 Å². The first-order chi connectivity index (χ1) is 34.4. The number of esters is 1. The fourth-order valence-electron chi connectivity index (χ4n) is 6.48. The fourth-order valence-corrected chi connectivity index (χ4v) is 6.48. The molecule has 6 aliphatic carbocycles. The fraction of sp³-hybridized carbons (Fsp3) is 0.151. The van der Waals surface area contributed by atoms with Crippen molar-refractivity contribution in [3.63, 3.8) is 0 Å². The number of hydrogen-bond acceptors (Lipinski definition) is 13. The molecule has 6 saturated carbocycles. The molecule has 0 bridgehead atoms. The van der Waals surface area contributed by atoms with Crippen LogP contribution in [0.15, 0.2) is 42.9 Å². The molecule has 1 N–H and O–H groups in total. The van der Waals surface area contributed by atoms with E-state index in [9.17, 15) is 14.4 Å². The van der Waals surface area contributed by atoms with Gasteiger partial charge in [0.05, 0.1) is 18.6 Å². The van der Waals surface area contributed by atoms with Gasteiger partial charge in [0.25, 0.3) is 0 Å². The predicted octanol–water partition coefficient (Wildman–Crippen LogP) is 6.03. The molecule has 0 aliphatic heterocycles. The summed E-state index contributed by atoms with van der Waals surface area (Å²) < 4.78 is 26.3. The van der Waals surface area contributed by atoms with Crippen molar-refractivity contribution >= 4 is 18.2 Å². The van der Waals surface area contributed by atoms with E-state index in [2.05, 4.69) is 36.3 Å². The maximum absolute atomic E-state index is 13.4. The molecular weight excluding hydrogens is 1060 g/mol. The van der Waals surface area contributed by atoms with Gasteiger partial charge in [0.2, 0.25) is 0 Å². The predicted molar refractivity (Wildman–Crippen MR) is 254 cm³/mol. The number of hydrogen-bond donors (Lipinski definition) is 1. The first-order valence-electron chi connectivity index (χ1n) is 22.2. The van der Waals surface area contributed by atoms with Gasteiger partial charge in [-0.2, -0.15) is 0 Å². The molecule has 17 nitrogen and oxygen atoms in total. The molecule has 20 heteroatoms. The van der Waals surface area contributed by atoms with Gasteiger partial charge >= 0.3 is 69.4 Å². The maximum atomic E-state index is 13.4. The molecule has 1 amide bonds. The number of nitrogens with one attached hydrogen (secondary N) is 1. The summed E-state index contributed by atoms with van der Waals surface area (Å²) in [6.07, 6.45) is 56.7. The molecule has 0 unspecified atom stereocenters. The second-order valence-electron chi connectivity index (χ2n) is 15.4. The van der Waals surface area contributed by atoms with Crippen LogP contribution in [0, 0.1) is 191 Å². The molecule has 0 saturated heterocycles. The van der Waals surface area contributed by atoms with Crippen LogP contribution in [-0.4, -0.2) is 69.2 Å². The summed E-state index contributed by atoms with van der Waals surface area (Å²) in [5.41, 5.74) is 1.95. The Morgan fingerprint density at radius 2 is 0.795 bits per heavy atom. The summed E-state index contributed by atoms with van der Waals surface area (Å²) in [5.74, 6) is 2.67. The van der Waals surface area contributed by atoms with Gasteiger partial charge in [-0.05, 0) is 191 Å². The SMILES string of the molecule is O=C(N[C@@H](Cc1ccc(OC(=O)OCc2cn(C[C]3[CH][CH][CH][CH]3)nn2)cc1)C(=O)OCc1cn(C[C]2[CH][CH][CH][CH]2)nn1)OCc1cn(C[C]2[CH][CH][CH][CH]2)nn1.[CH]1[CH][CH][CH][CH]1.[CH]1[CH][CH][CH][CH]1.[CH]1[CH][CH][CH][CH]1.[Fe+2].[Fe+2].[Fe+2]. The Kier molecular flexibility index (Phi) is 30.0. The van der Waals surface area contributed by atoms with Gasteiger partial charge in [-0.3, -0.25) is 14.0 Å². The molecule has 6 aliphatic rings. The Bertz CT molecular complexity index is 2060. The molecule has 1 aromatic carbocycles. The van der Waals surface area contributed by atoms with Crippen LogP contribution in [0.25, 0.3) is 0 Å². The molecule has 1 atom stereocenters. The second kappa shape index (κ2) is 35.5. The summed E-state index contributed by atoms with van der Waals surface area (Å²) in [6.45, 7) is 1.12. The van der Waals surface area contributed by atoms with Crippen molar-refractivity contribution in [3.8, 4) is 5.75 Å². The van der Waals surface area contributed by atoms with Crippen LogP contribution in [0.1, 0.15) is 22.6 Å². The van der Waals surface area contributed by atoms with Gasteiger partial charge in [-0.25, -0.2) is 14.4 Å². The van der Waals surface area contributed by atoms with E-state index in [1.54, 1.807) is 44.8 Å². The number of carbonyl (C=O) groups is 3. The quantitative estimate of drug-likeness (QED) is 0.0559. The second-order valence-corrected chi connectivity index (χ2v) is 15.4. The molecule has 3 heterocycles. The van der Waals surface area contributed by atoms with Crippen molar-refractivity contribution in [2.75, 3.05) is 0 Å². The van der Waals surface area contributed by atoms with Gasteiger partial charge in [-0.1, -0.05) is 27.8 Å². The number of alkyl carbamates (subject to hydrolysis) is 1. The zero-order valence-corrected chi connectivity index (χ0v) is 42.4. The standard InChI is InChI=1S/C38H35N10O7.3C5H5.3Fe/c49-36(52-24-31-21-46(43-40-31)18-28-7-1-2-8-28)35(39-37(50)53-25-32-22-47(44-41-32)19-29-9-3-4-10-29)17-27-13-15-34(16-14-27)55-38(51)54-26-33-23-48(45-42-33)20-30-11-5-6-12-30;3*1-2-4-5-3-1;;;/h1-16,21-23,35H,17-20,24-26H2,(H,39,50);3*1-5H;;;/q;;;;3*+2/t35-;;;;;;/m0....../s1. The molecule has 0 spiro atoms. The van der Waals surface area contributed by atoms with Gasteiger partial charge in [-0.15, -0.1) is 15.3 Å². The number of amides is 1. The Balaban J connectivity index is 0.000000549. The van der Waals surface area contributed by atoms with Gasteiger partial charge in [0, 0.05) is 43.8 Å². The average molecular weight is 1110 g/mol. The van der Waals surface area contributed by atoms with Gasteiger partial charge in [0.15, 0.2) is 0 Å². The van der Waals surface area contributed by atoms with Crippen LogP contribution in [0.4, 0.5) is 9.59 Å². The van der Waals surface area contributed by atoms with Crippen molar-refractivity contribution in [1.29, 1.82) is 0 Å². The van der Waals surface area contributed by atoms with E-state index in [1.165, 1.54) is 12.1 Å². The van der Waals surface area contributed by atoms with Crippen molar-refractivity contribution in [3.05, 3.63) is 257 Å². The molecule has 3 aromatic heterocycles. The van der Waals surface area contributed by atoms with Gasteiger partial charge in [0.1, 0.15) is 48.7 Å². The first-order valence-corrected chi connectivity index (χ1v) is 22.2. The molecule has 6 fully saturated rings. The Hall–Kier alpha value is -3.79. The van der Waals surface area contributed by atoms with Crippen LogP contribution >= 0.6 is 0 Å². The third-order valence-electron chi connectivity index (χ3n) is 9.85. The van der Waals surface area contributed by atoms with E-state index in [4.69, 9.17) is 18.9 Å². The molecule has 372 valence electrons. The zero-order chi connectivity index (χ0) is 48.4. The maximum Gasteiger partial charge on any atom is 2.00 e. The summed E-state index contributed by atoms with van der Waals surface area (Å²) in [5, 5.41) is 27.0. The number of carbonyl (C=O) groups excluding carboxylic acids is 3. The van der Waals surface area contributed by atoms with E-state index in [0.717, 1.165) is 17.8 Å². The van der Waals surface area contributed by atoms with E-state index < -0.39 is 24.3 Å². The Morgan fingerprint density at radius 1 is 0.452 bits per heavy atom. The number of rotatable bonds is 17. The summed E-state index contributed by atoms with van der Waals surface area (Å²) in [7, 11) is 0. The molecule has 4 aromatic rings.